The van der Waals surface area contributed by atoms with Crippen molar-refractivity contribution in [3.05, 3.63) is 126 Å². The minimum atomic E-state index is -3.03. The minimum absolute atomic E-state index is 0.0385. The van der Waals surface area contributed by atoms with Gasteiger partial charge in [0.1, 0.15) is 47.4 Å². The molecule has 0 bridgehead atoms. The van der Waals surface area contributed by atoms with Crippen molar-refractivity contribution >= 4 is 45.3 Å². The lowest BCUT2D eigenvalue weighted by atomic mass is 9.91. The van der Waals surface area contributed by atoms with Crippen molar-refractivity contribution in [3.63, 3.8) is 0 Å². The third kappa shape index (κ3) is 6.97. The van der Waals surface area contributed by atoms with Gasteiger partial charge in [0, 0.05) is 6.42 Å². The first-order chi connectivity index (χ1) is 24.6. The number of hydrogen-bond donors (Lipinski definition) is 2. The number of nitrogens with zero attached hydrogens (tertiary/aromatic N) is 4. The number of nitrogens with one attached hydrogen (secondary N) is 1. The molecule has 6 rings (SSSR count). The van der Waals surface area contributed by atoms with Crippen molar-refractivity contribution in [1.82, 2.24) is 20.1 Å². The summed E-state index contributed by atoms with van der Waals surface area (Å²) >= 11 is -3.03. The zero-order chi connectivity index (χ0) is 36.2. The highest BCUT2D eigenvalue weighted by Crippen LogP contribution is 2.42. The van der Waals surface area contributed by atoms with Crippen LogP contribution in [0, 0.1) is 11.6 Å². The van der Waals surface area contributed by atoms with E-state index in [9.17, 15) is 23.5 Å². The summed E-state index contributed by atoms with van der Waals surface area (Å²) in [4.78, 5) is 29.5. The Morgan fingerprint density at radius 1 is 0.922 bits per heavy atom. The normalized spacial score (nSPS) is 12.3. The van der Waals surface area contributed by atoms with Crippen LogP contribution in [0.3, 0.4) is 0 Å². The molecule has 51 heavy (non-hydrogen) atoms. The molecule has 12 nitrogen and oxygen atoms in total. The van der Waals surface area contributed by atoms with Crippen molar-refractivity contribution in [1.29, 1.82) is 0 Å². The van der Waals surface area contributed by atoms with Crippen LogP contribution in [0.4, 0.5) is 20.2 Å². The van der Waals surface area contributed by atoms with Gasteiger partial charge in [0.2, 0.25) is 0 Å². The smallest absolute Gasteiger partial charge is 0.326 e. The minimum Gasteiger partial charge on any atom is -0.755 e. The summed E-state index contributed by atoms with van der Waals surface area (Å²) in [6.07, 6.45) is 2.51. The van der Waals surface area contributed by atoms with E-state index < -0.39 is 52.1 Å². The molecule has 1 heterocycles. The highest BCUT2D eigenvalue weighted by atomic mass is 32.2. The zero-order valence-electron chi connectivity index (χ0n) is 26.9. The van der Waals surface area contributed by atoms with Gasteiger partial charge in [-0.2, -0.15) is 5.10 Å². The predicted molar refractivity (Wildman–Crippen MR) is 184 cm³/mol. The number of hydrogen-bond acceptors (Lipinski definition) is 8. The van der Waals surface area contributed by atoms with E-state index in [2.05, 4.69) is 15.4 Å². The molecule has 0 aliphatic rings. The molecule has 0 aliphatic carbocycles. The quantitative estimate of drug-likeness (QED) is 0.151. The average molecular weight is 713 g/mol. The van der Waals surface area contributed by atoms with Crippen molar-refractivity contribution < 1.29 is 41.7 Å². The van der Waals surface area contributed by atoms with Crippen molar-refractivity contribution in [2.45, 2.75) is 12.5 Å². The fourth-order valence-electron chi connectivity index (χ4n) is 5.82. The molecule has 6 aromatic rings. The first-order valence-electron chi connectivity index (χ1n) is 15.2. The number of rotatable bonds is 12. The Morgan fingerprint density at radius 3 is 2.14 bits per heavy atom. The topological polar surface area (TPSA) is 159 Å². The average Bonchev–Trinajstić information content (AvgIpc) is 3.66. The van der Waals surface area contributed by atoms with Gasteiger partial charge in [-0.1, -0.05) is 42.5 Å². The lowest BCUT2D eigenvalue weighted by Gasteiger charge is -2.27. The largest absolute Gasteiger partial charge is 0.755 e. The molecule has 2 N–H and O–H groups in total. The number of anilines is 2. The third-order valence-corrected chi connectivity index (χ3v) is 8.86. The highest BCUT2D eigenvalue weighted by Gasteiger charge is 2.28. The first-order valence-corrected chi connectivity index (χ1v) is 16.2. The number of ether oxygens (including phenoxy) is 2. The maximum absolute atomic E-state index is 15.5. The van der Waals surface area contributed by atoms with E-state index in [4.69, 9.17) is 9.47 Å². The number of carbonyl (C=O) groups is 2. The summed E-state index contributed by atoms with van der Waals surface area (Å²) in [7, 11) is 3.07. The Hall–Kier alpha value is -6.19. The Labute approximate surface area is 292 Å². The number of fused-ring (bicyclic) bond motifs is 1. The second-order valence-electron chi connectivity index (χ2n) is 11.1. The molecule has 1 unspecified atom stereocenters. The number of carboxylic acid groups (broad SMARTS) is 1. The van der Waals surface area contributed by atoms with Gasteiger partial charge in [0.25, 0.3) is 5.91 Å². The van der Waals surface area contributed by atoms with Crippen LogP contribution in [-0.4, -0.2) is 60.8 Å². The second kappa shape index (κ2) is 14.7. The van der Waals surface area contributed by atoms with E-state index in [1.54, 1.807) is 42.5 Å². The Kier molecular flexibility index (Phi) is 10.0. The predicted octanol–water partition coefficient (Wildman–Crippen LogP) is 5.74. The maximum Gasteiger partial charge on any atom is 0.326 e. The second-order valence-corrected chi connectivity index (χ2v) is 11.9. The molecule has 5 aromatic carbocycles. The molecule has 15 heteroatoms. The lowest BCUT2D eigenvalue weighted by molar-refractivity contribution is -0.139. The SMILES string of the molecule is COc1cccc(OC)c1-c1ccc(C[C@H](NC(=O)c2c(F)cc(N(c3ccc(-n4cncn4)cc3)S(=O)[O-])cc2F)C(=O)O)c2ccccc12. The van der Waals surface area contributed by atoms with E-state index >= 15 is 8.78 Å². The lowest BCUT2D eigenvalue weighted by Crippen LogP contribution is -2.43. The van der Waals surface area contributed by atoms with Crippen LogP contribution in [0.5, 0.6) is 11.5 Å². The number of carboxylic acids is 1. The molecule has 260 valence electrons. The van der Waals surface area contributed by atoms with E-state index in [0.717, 1.165) is 10.9 Å². The molecule has 0 radical (unpaired) electrons. The van der Waals surface area contributed by atoms with Gasteiger partial charge in [-0.05, 0) is 70.4 Å². The van der Waals surface area contributed by atoms with Gasteiger partial charge in [-0.15, -0.1) is 0 Å². The zero-order valence-corrected chi connectivity index (χ0v) is 27.8. The fourth-order valence-corrected chi connectivity index (χ4v) is 6.39. The molecular formula is C36H28F2N5O7S-. The Bertz CT molecular complexity index is 2220. The van der Waals surface area contributed by atoms with Crippen LogP contribution in [0.1, 0.15) is 15.9 Å². The van der Waals surface area contributed by atoms with E-state index in [1.807, 2.05) is 12.1 Å². The summed E-state index contributed by atoms with van der Waals surface area (Å²) in [6.45, 7) is 0. The molecule has 0 saturated carbocycles. The number of carbonyl (C=O) groups excluding carboxylic acids is 1. The van der Waals surface area contributed by atoms with Gasteiger partial charge in [0.15, 0.2) is 0 Å². The van der Waals surface area contributed by atoms with Crippen LogP contribution in [0.25, 0.3) is 27.6 Å². The van der Waals surface area contributed by atoms with Crippen molar-refractivity contribution in [2.24, 2.45) is 0 Å². The Balaban J connectivity index is 1.28. The summed E-state index contributed by atoms with van der Waals surface area (Å²) in [5, 5.41) is 17.7. The number of amides is 1. The van der Waals surface area contributed by atoms with E-state index in [0.29, 0.717) is 50.1 Å². The molecular weight excluding hydrogens is 684 g/mol. The number of benzene rings is 5. The Morgan fingerprint density at radius 2 is 1.57 bits per heavy atom. The molecule has 0 spiro atoms. The molecule has 2 atom stereocenters. The summed E-state index contributed by atoms with van der Waals surface area (Å²) in [5.74, 6) is -4.46. The van der Waals surface area contributed by atoms with Gasteiger partial charge in [-0.25, -0.2) is 23.2 Å². The molecule has 0 fully saturated rings. The molecule has 1 amide bonds. The van der Waals surface area contributed by atoms with Crippen molar-refractivity contribution in [3.8, 4) is 28.3 Å². The molecule has 1 aromatic heterocycles. The number of aliphatic carboxylic acids is 1. The van der Waals surface area contributed by atoms with Gasteiger partial charge in [-0.3, -0.25) is 13.3 Å². The van der Waals surface area contributed by atoms with Gasteiger partial charge >= 0.3 is 5.97 Å². The summed E-state index contributed by atoms with van der Waals surface area (Å²) in [6, 6.07) is 21.7. The fraction of sp³-hybridized carbons (Fsp3) is 0.111. The highest BCUT2D eigenvalue weighted by molar-refractivity contribution is 7.81. The van der Waals surface area contributed by atoms with Crippen LogP contribution < -0.4 is 19.1 Å². The molecule has 0 aliphatic heterocycles. The van der Waals surface area contributed by atoms with E-state index in [1.165, 1.54) is 55.8 Å². The summed E-state index contributed by atoms with van der Waals surface area (Å²) < 4.78 is 68.6. The van der Waals surface area contributed by atoms with Crippen LogP contribution in [0.2, 0.25) is 0 Å². The number of halogens is 2. The standard InChI is InChI=1S/C36H29F2N5O7S/c1-49-31-8-5-9-32(50-2)33(31)27-15-10-21(25-6-3-4-7-26(25)27)16-30(36(45)46)41-35(44)34-28(37)17-24(18-29(34)38)43(51(47)48)23-13-11-22(12-14-23)42-20-39-19-40-42/h3-15,17-20,30H,16H2,1-2H3,(H,41,44)(H,45,46)(H,47,48)/p-1/t30-/m0/s1. The first kappa shape index (κ1) is 34.7. The maximum atomic E-state index is 15.5. The van der Waals surface area contributed by atoms with Crippen molar-refractivity contribution in [2.75, 3.05) is 18.5 Å². The van der Waals surface area contributed by atoms with E-state index in [-0.39, 0.29) is 12.1 Å². The summed E-state index contributed by atoms with van der Waals surface area (Å²) in [5.41, 5.74) is 1.05. The number of methoxy groups -OCH3 is 2. The van der Waals surface area contributed by atoms with Gasteiger partial charge < -0.3 is 24.4 Å². The van der Waals surface area contributed by atoms with Crippen LogP contribution in [0.15, 0.2) is 104 Å². The third-order valence-electron chi connectivity index (χ3n) is 8.14. The van der Waals surface area contributed by atoms with Crippen LogP contribution in [-0.2, 0) is 22.5 Å². The molecule has 0 saturated heterocycles. The number of aromatic nitrogens is 3. The monoisotopic (exact) mass is 712 g/mol. The van der Waals surface area contributed by atoms with Gasteiger partial charge in [0.05, 0.1) is 48.1 Å². The van der Waals surface area contributed by atoms with Crippen LogP contribution >= 0.6 is 0 Å².